The maximum atomic E-state index is 11.8. The number of amides is 1. The highest BCUT2D eigenvalue weighted by Gasteiger charge is 2.08. The Balaban J connectivity index is 2.62. The van der Waals surface area contributed by atoms with E-state index in [1.807, 2.05) is 19.1 Å². The van der Waals surface area contributed by atoms with Crippen molar-refractivity contribution in [1.82, 2.24) is 5.32 Å². The van der Waals surface area contributed by atoms with Crippen LogP contribution in [0.1, 0.15) is 23.7 Å². The molecule has 86 valence electrons. The zero-order valence-corrected chi connectivity index (χ0v) is 10.8. The van der Waals surface area contributed by atoms with Crippen LogP contribution in [0.3, 0.4) is 0 Å². The average Bonchev–Trinajstić information content (AvgIpc) is 2.27. The lowest BCUT2D eigenvalue weighted by Gasteiger charge is -2.06. The van der Waals surface area contributed by atoms with Crippen LogP contribution < -0.4 is 11.1 Å². The highest BCUT2D eigenvalue weighted by atomic mass is 79.9. The number of hydrogen-bond acceptors (Lipinski definition) is 2. The Morgan fingerprint density at radius 3 is 3.00 bits per heavy atom. The normalized spacial score (nSPS) is 10.6. The van der Waals surface area contributed by atoms with Crippen molar-refractivity contribution in [2.75, 3.05) is 12.3 Å². The zero-order chi connectivity index (χ0) is 12.0. The fourth-order valence-corrected chi connectivity index (χ4v) is 1.67. The number of nitrogens with one attached hydrogen (secondary N) is 1. The van der Waals surface area contributed by atoms with Crippen LogP contribution in [0.15, 0.2) is 34.8 Å². The van der Waals surface area contributed by atoms with Crippen LogP contribution in [0.2, 0.25) is 0 Å². The van der Waals surface area contributed by atoms with Gasteiger partial charge in [0.1, 0.15) is 0 Å². The molecule has 3 nitrogen and oxygen atoms in total. The van der Waals surface area contributed by atoms with Crippen LogP contribution in [0.25, 0.3) is 0 Å². The monoisotopic (exact) mass is 282 g/mol. The van der Waals surface area contributed by atoms with Crippen LogP contribution in [0, 0.1) is 0 Å². The summed E-state index contributed by atoms with van der Waals surface area (Å²) < 4.78 is 0.755. The van der Waals surface area contributed by atoms with E-state index in [0.717, 1.165) is 10.9 Å². The highest BCUT2D eigenvalue weighted by molar-refractivity contribution is 9.10. The third-order valence-corrected chi connectivity index (χ3v) is 2.76. The lowest BCUT2D eigenvalue weighted by molar-refractivity contribution is 0.0953. The first kappa shape index (κ1) is 12.8. The quantitative estimate of drug-likeness (QED) is 0.507. The van der Waals surface area contributed by atoms with Gasteiger partial charge in [0.05, 0.1) is 5.56 Å². The van der Waals surface area contributed by atoms with E-state index in [9.17, 15) is 4.79 Å². The Morgan fingerprint density at radius 2 is 2.31 bits per heavy atom. The summed E-state index contributed by atoms with van der Waals surface area (Å²) in [5.74, 6) is -0.108. The molecular weight excluding hydrogens is 268 g/mol. The Kier molecular flexibility index (Phi) is 5.05. The van der Waals surface area contributed by atoms with Crippen molar-refractivity contribution in [3.05, 3.63) is 40.4 Å². The minimum atomic E-state index is -0.108. The molecule has 0 unspecified atom stereocenters. The molecule has 0 saturated carbocycles. The number of rotatable bonds is 4. The molecular formula is C12H15BrN2O. The molecule has 0 atom stereocenters. The first-order valence-electron chi connectivity index (χ1n) is 5.09. The van der Waals surface area contributed by atoms with Crippen molar-refractivity contribution in [1.29, 1.82) is 0 Å². The third-order valence-electron chi connectivity index (χ3n) is 2.07. The van der Waals surface area contributed by atoms with Gasteiger partial charge in [0, 0.05) is 16.7 Å². The Labute approximate surface area is 104 Å². The summed E-state index contributed by atoms with van der Waals surface area (Å²) in [5.41, 5.74) is 6.78. The van der Waals surface area contributed by atoms with Crippen LogP contribution >= 0.6 is 15.9 Å². The van der Waals surface area contributed by atoms with E-state index >= 15 is 0 Å². The number of carbonyl (C=O) groups is 1. The summed E-state index contributed by atoms with van der Waals surface area (Å²) in [6, 6.07) is 5.19. The molecule has 1 rings (SSSR count). The molecule has 0 bridgehead atoms. The Hall–Kier alpha value is -1.29. The molecule has 0 spiro atoms. The fraction of sp³-hybridized carbons (Fsp3) is 0.250. The molecule has 1 aromatic rings. The molecule has 0 aliphatic heterocycles. The van der Waals surface area contributed by atoms with Crippen molar-refractivity contribution in [3.63, 3.8) is 0 Å². The second-order valence-electron chi connectivity index (χ2n) is 3.35. The summed E-state index contributed by atoms with van der Waals surface area (Å²) in [5, 5.41) is 2.83. The fourth-order valence-electron chi connectivity index (χ4n) is 1.25. The van der Waals surface area contributed by atoms with Gasteiger partial charge in [0.15, 0.2) is 0 Å². The average molecular weight is 283 g/mol. The number of anilines is 1. The molecule has 1 amide bonds. The van der Waals surface area contributed by atoms with Gasteiger partial charge in [-0.2, -0.15) is 0 Å². The minimum Gasteiger partial charge on any atom is -0.399 e. The molecule has 0 saturated heterocycles. The molecule has 0 fully saturated rings. The number of allylic oxidation sites excluding steroid dienone is 1. The van der Waals surface area contributed by atoms with Gasteiger partial charge in [-0.15, -0.1) is 0 Å². The molecule has 0 aliphatic carbocycles. The molecule has 0 aliphatic rings. The third kappa shape index (κ3) is 3.70. The van der Waals surface area contributed by atoms with E-state index in [0.29, 0.717) is 17.8 Å². The van der Waals surface area contributed by atoms with Crippen molar-refractivity contribution in [2.45, 2.75) is 13.3 Å². The number of nitrogen functional groups attached to an aromatic ring is 1. The highest BCUT2D eigenvalue weighted by Crippen LogP contribution is 2.19. The summed E-state index contributed by atoms with van der Waals surface area (Å²) >= 11 is 3.32. The number of hydrogen-bond donors (Lipinski definition) is 2. The number of nitrogens with two attached hydrogens (primary N) is 1. The van der Waals surface area contributed by atoms with Gasteiger partial charge < -0.3 is 11.1 Å². The maximum absolute atomic E-state index is 11.8. The van der Waals surface area contributed by atoms with Gasteiger partial charge in [0.2, 0.25) is 0 Å². The van der Waals surface area contributed by atoms with Gasteiger partial charge in [-0.3, -0.25) is 4.79 Å². The van der Waals surface area contributed by atoms with Crippen molar-refractivity contribution < 1.29 is 4.79 Å². The van der Waals surface area contributed by atoms with Gasteiger partial charge in [-0.1, -0.05) is 12.2 Å². The van der Waals surface area contributed by atoms with E-state index in [4.69, 9.17) is 5.73 Å². The Bertz CT molecular complexity index is 402. The van der Waals surface area contributed by atoms with Crippen LogP contribution in [-0.2, 0) is 0 Å². The zero-order valence-electron chi connectivity index (χ0n) is 9.16. The van der Waals surface area contributed by atoms with Crippen molar-refractivity contribution in [3.8, 4) is 0 Å². The second-order valence-corrected chi connectivity index (χ2v) is 4.21. The summed E-state index contributed by atoms with van der Waals surface area (Å²) in [6.07, 6.45) is 4.80. The Morgan fingerprint density at radius 1 is 1.56 bits per heavy atom. The largest absolute Gasteiger partial charge is 0.399 e. The molecule has 1 aromatic carbocycles. The summed E-state index contributed by atoms with van der Waals surface area (Å²) in [4.78, 5) is 11.8. The lowest BCUT2D eigenvalue weighted by Crippen LogP contribution is -2.24. The van der Waals surface area contributed by atoms with Crippen LogP contribution in [0.4, 0.5) is 5.69 Å². The maximum Gasteiger partial charge on any atom is 0.252 e. The molecule has 4 heteroatoms. The molecule has 0 aromatic heterocycles. The SMILES string of the molecule is C/C=C/CCNC(=O)c1cc(N)ccc1Br. The van der Waals surface area contributed by atoms with Crippen molar-refractivity contribution in [2.24, 2.45) is 0 Å². The van der Waals surface area contributed by atoms with E-state index in [2.05, 4.69) is 21.2 Å². The second kappa shape index (κ2) is 6.33. The lowest BCUT2D eigenvalue weighted by atomic mass is 10.2. The number of carbonyl (C=O) groups excluding carboxylic acids is 1. The van der Waals surface area contributed by atoms with E-state index in [1.54, 1.807) is 18.2 Å². The number of benzene rings is 1. The summed E-state index contributed by atoms with van der Waals surface area (Å²) in [6.45, 7) is 2.58. The van der Waals surface area contributed by atoms with E-state index in [-0.39, 0.29) is 5.91 Å². The van der Waals surface area contributed by atoms with Crippen LogP contribution in [-0.4, -0.2) is 12.5 Å². The summed E-state index contributed by atoms with van der Waals surface area (Å²) in [7, 11) is 0. The first-order valence-corrected chi connectivity index (χ1v) is 5.89. The van der Waals surface area contributed by atoms with E-state index < -0.39 is 0 Å². The number of halogens is 1. The predicted molar refractivity (Wildman–Crippen MR) is 70.3 cm³/mol. The minimum absolute atomic E-state index is 0.108. The first-order chi connectivity index (χ1) is 7.65. The van der Waals surface area contributed by atoms with Crippen LogP contribution in [0.5, 0.6) is 0 Å². The molecule has 16 heavy (non-hydrogen) atoms. The predicted octanol–water partition coefficient (Wildman–Crippen LogP) is 2.73. The molecule has 3 N–H and O–H groups in total. The smallest absolute Gasteiger partial charge is 0.252 e. The molecule has 0 heterocycles. The topological polar surface area (TPSA) is 55.1 Å². The van der Waals surface area contributed by atoms with Crippen molar-refractivity contribution >= 4 is 27.5 Å². The van der Waals surface area contributed by atoms with Gasteiger partial charge in [0.25, 0.3) is 5.91 Å². The van der Waals surface area contributed by atoms with Gasteiger partial charge in [-0.05, 0) is 47.5 Å². The van der Waals surface area contributed by atoms with E-state index in [1.165, 1.54) is 0 Å². The van der Waals surface area contributed by atoms with Gasteiger partial charge >= 0.3 is 0 Å². The molecule has 0 radical (unpaired) electrons. The standard InChI is InChI=1S/C12H15BrN2O/c1-2-3-4-7-15-12(16)10-8-9(14)5-6-11(10)13/h2-3,5-6,8H,4,7,14H2,1H3,(H,15,16)/b3-2+. The van der Waals surface area contributed by atoms with Gasteiger partial charge in [-0.25, -0.2) is 0 Å².